The number of carbonyl (C=O) groups excluding carboxylic acids is 1. The highest BCUT2D eigenvalue weighted by molar-refractivity contribution is 7.19. The van der Waals surface area contributed by atoms with Crippen LogP contribution >= 0.6 is 22.9 Å². The molecular formula is C20H15ClF5N5O2S. The topological polar surface area (TPSA) is 88.0 Å². The van der Waals surface area contributed by atoms with Crippen molar-refractivity contribution in [1.29, 1.82) is 5.26 Å². The van der Waals surface area contributed by atoms with E-state index in [9.17, 15) is 32.0 Å². The molecule has 1 amide bonds. The molecule has 3 aromatic heterocycles. The molecule has 0 saturated heterocycles. The van der Waals surface area contributed by atoms with Crippen molar-refractivity contribution < 1.29 is 31.3 Å². The number of thiophene rings is 1. The van der Waals surface area contributed by atoms with Gasteiger partial charge in [-0.1, -0.05) is 16.8 Å². The maximum Gasteiger partial charge on any atom is 0.459 e. The highest BCUT2D eigenvalue weighted by Gasteiger charge is 2.61. The number of nitrogens with zero attached hydrogens (tertiary/aromatic N) is 5. The summed E-state index contributed by atoms with van der Waals surface area (Å²) in [6.07, 6.45) is -4.69. The Morgan fingerprint density at radius 2 is 1.97 bits per heavy atom. The van der Waals surface area contributed by atoms with Crippen molar-refractivity contribution in [2.45, 2.75) is 37.4 Å². The zero-order chi connectivity index (χ0) is 25.2. The molecule has 0 aromatic carbocycles. The van der Waals surface area contributed by atoms with Gasteiger partial charge in [-0.15, -0.1) is 11.3 Å². The summed E-state index contributed by atoms with van der Waals surface area (Å²) in [7, 11) is 2.72. The van der Waals surface area contributed by atoms with E-state index >= 15 is 0 Å². The first-order valence-electron chi connectivity index (χ1n) is 9.68. The number of amides is 1. The van der Waals surface area contributed by atoms with E-state index in [1.807, 2.05) is 0 Å². The van der Waals surface area contributed by atoms with E-state index in [1.165, 1.54) is 31.1 Å². The van der Waals surface area contributed by atoms with Crippen LogP contribution < -0.4 is 0 Å². The van der Waals surface area contributed by atoms with E-state index in [1.54, 1.807) is 0 Å². The number of aromatic nitrogens is 3. The van der Waals surface area contributed by atoms with Crippen molar-refractivity contribution in [3.63, 3.8) is 0 Å². The van der Waals surface area contributed by atoms with E-state index in [0.29, 0.717) is 17.7 Å². The summed E-state index contributed by atoms with van der Waals surface area (Å²) < 4.78 is 72.6. The van der Waals surface area contributed by atoms with Gasteiger partial charge in [0.15, 0.2) is 5.76 Å². The molecule has 34 heavy (non-hydrogen) atoms. The minimum Gasteiger partial charge on any atom is -0.355 e. The third-order valence-electron chi connectivity index (χ3n) is 5.73. The molecule has 3 aromatic rings. The summed E-state index contributed by atoms with van der Waals surface area (Å²) in [5.74, 6) is -5.48. The first-order valence-corrected chi connectivity index (χ1v) is 10.9. The molecule has 180 valence electrons. The van der Waals surface area contributed by atoms with Gasteiger partial charge in [-0.3, -0.25) is 9.48 Å². The van der Waals surface area contributed by atoms with Gasteiger partial charge in [0.1, 0.15) is 21.3 Å². The molecule has 0 radical (unpaired) electrons. The quantitative estimate of drug-likeness (QED) is 0.413. The van der Waals surface area contributed by atoms with Crippen molar-refractivity contribution in [3.05, 3.63) is 33.3 Å². The molecule has 1 fully saturated rings. The predicted molar refractivity (Wildman–Crippen MR) is 111 cm³/mol. The molecule has 3 heterocycles. The van der Waals surface area contributed by atoms with Gasteiger partial charge in [-0.05, 0) is 25.8 Å². The Hall–Kier alpha value is -2.98. The van der Waals surface area contributed by atoms with Crippen LogP contribution in [-0.2, 0) is 13.0 Å². The largest absolute Gasteiger partial charge is 0.459 e. The molecule has 1 aliphatic carbocycles. The van der Waals surface area contributed by atoms with Gasteiger partial charge in [0.05, 0.1) is 22.2 Å². The Morgan fingerprint density at radius 1 is 1.32 bits per heavy atom. The lowest BCUT2D eigenvalue weighted by Crippen LogP contribution is -2.37. The molecule has 1 aliphatic rings. The van der Waals surface area contributed by atoms with Crippen molar-refractivity contribution in [2.24, 2.45) is 7.05 Å². The fraction of sp³-hybridized carbons (Fsp3) is 0.400. The molecule has 4 rings (SSSR count). The summed E-state index contributed by atoms with van der Waals surface area (Å²) >= 11 is 7.23. The van der Waals surface area contributed by atoms with Gasteiger partial charge in [-0.25, -0.2) is 0 Å². The van der Waals surface area contributed by atoms with Crippen molar-refractivity contribution in [3.8, 4) is 28.1 Å². The number of hydrogen-bond donors (Lipinski definition) is 0. The maximum absolute atomic E-state index is 13.9. The standard InChI is InChI=1S/C20H15ClF5N5O2S/c1-9-14(31(3)28-15(9)19(22,23)20(24,25)26)11-7-12(33-29-11)13-6-10(16(21)34-13)17(32)30(2)18(8-27)4-5-18/h6-7H,4-5H2,1-3H3. The van der Waals surface area contributed by atoms with Crippen LogP contribution in [0.25, 0.3) is 22.0 Å². The van der Waals surface area contributed by atoms with E-state index in [0.717, 1.165) is 22.9 Å². The average Bonchev–Trinajstić information content (AvgIpc) is 3.06. The van der Waals surface area contributed by atoms with Gasteiger partial charge in [0.2, 0.25) is 0 Å². The summed E-state index contributed by atoms with van der Waals surface area (Å²) in [6.45, 7) is 1.09. The zero-order valence-electron chi connectivity index (χ0n) is 17.8. The van der Waals surface area contributed by atoms with Crippen LogP contribution in [-0.4, -0.2) is 44.5 Å². The fourth-order valence-corrected chi connectivity index (χ4v) is 4.78. The van der Waals surface area contributed by atoms with Crippen LogP contribution in [0, 0.1) is 18.3 Å². The Balaban J connectivity index is 1.67. The SMILES string of the molecule is Cc1c(C(F)(F)C(F)(F)F)nn(C)c1-c1cc(-c2cc(C(=O)N(C)C3(C#N)CC3)c(Cl)s2)on1. The smallest absolute Gasteiger partial charge is 0.355 e. The Morgan fingerprint density at radius 3 is 2.53 bits per heavy atom. The number of halogens is 6. The third-order valence-corrected chi connectivity index (χ3v) is 7.10. The third kappa shape index (κ3) is 3.65. The van der Waals surface area contributed by atoms with E-state index in [2.05, 4.69) is 16.3 Å². The van der Waals surface area contributed by atoms with E-state index < -0.39 is 34.8 Å². The van der Waals surface area contributed by atoms with Crippen LogP contribution in [0.4, 0.5) is 22.0 Å². The van der Waals surface area contributed by atoms with Crippen molar-refractivity contribution in [1.82, 2.24) is 19.8 Å². The zero-order valence-corrected chi connectivity index (χ0v) is 19.4. The second kappa shape index (κ2) is 7.78. The van der Waals surface area contributed by atoms with Gasteiger partial charge >= 0.3 is 12.1 Å². The molecule has 14 heteroatoms. The first kappa shape index (κ1) is 24.2. The van der Waals surface area contributed by atoms with Crippen molar-refractivity contribution >= 4 is 28.8 Å². The number of aryl methyl sites for hydroxylation is 1. The number of rotatable bonds is 5. The molecule has 0 aliphatic heterocycles. The molecule has 0 N–H and O–H groups in total. The lowest BCUT2D eigenvalue weighted by Gasteiger charge is -2.21. The van der Waals surface area contributed by atoms with Gasteiger partial charge < -0.3 is 9.42 Å². The van der Waals surface area contributed by atoms with Crippen LogP contribution in [0.2, 0.25) is 4.34 Å². The number of nitriles is 1. The van der Waals surface area contributed by atoms with Gasteiger partial charge in [0.25, 0.3) is 5.91 Å². The Bertz CT molecular complexity index is 1330. The minimum atomic E-state index is -5.81. The minimum absolute atomic E-state index is 0.0253. The highest BCUT2D eigenvalue weighted by atomic mass is 35.5. The maximum atomic E-state index is 13.9. The van der Waals surface area contributed by atoms with Crippen LogP contribution in [0.5, 0.6) is 0 Å². The second-order valence-electron chi connectivity index (χ2n) is 7.90. The van der Waals surface area contributed by atoms with Crippen LogP contribution in [0.15, 0.2) is 16.7 Å². The monoisotopic (exact) mass is 519 g/mol. The van der Waals surface area contributed by atoms with E-state index in [4.69, 9.17) is 16.1 Å². The molecular weight excluding hydrogens is 505 g/mol. The average molecular weight is 520 g/mol. The van der Waals surface area contributed by atoms with Gasteiger partial charge in [-0.2, -0.15) is 32.3 Å². The summed E-state index contributed by atoms with van der Waals surface area (Å²) in [5, 5.41) is 16.5. The normalized spacial score (nSPS) is 15.3. The predicted octanol–water partition coefficient (Wildman–Crippen LogP) is 5.55. The van der Waals surface area contributed by atoms with Crippen LogP contribution in [0.3, 0.4) is 0 Å². The number of alkyl halides is 5. The fourth-order valence-electron chi connectivity index (χ4n) is 3.57. The molecule has 0 spiro atoms. The second-order valence-corrected chi connectivity index (χ2v) is 9.55. The van der Waals surface area contributed by atoms with Crippen LogP contribution in [0.1, 0.15) is 34.5 Å². The lowest BCUT2D eigenvalue weighted by molar-refractivity contribution is -0.291. The molecule has 0 atom stereocenters. The lowest BCUT2D eigenvalue weighted by atomic mass is 10.1. The number of carbonyl (C=O) groups is 1. The summed E-state index contributed by atoms with van der Waals surface area (Å²) in [6, 6.07) is 4.90. The highest BCUT2D eigenvalue weighted by Crippen LogP contribution is 2.46. The Kier molecular flexibility index (Phi) is 5.52. The molecule has 7 nitrogen and oxygen atoms in total. The molecule has 0 unspecified atom stereocenters. The first-order chi connectivity index (χ1) is 15.7. The summed E-state index contributed by atoms with van der Waals surface area (Å²) in [4.78, 5) is 14.5. The van der Waals surface area contributed by atoms with E-state index in [-0.39, 0.29) is 27.0 Å². The van der Waals surface area contributed by atoms with Gasteiger partial charge in [0, 0.05) is 25.7 Å². The summed E-state index contributed by atoms with van der Waals surface area (Å²) in [5.41, 5.74) is -2.65. The van der Waals surface area contributed by atoms with Crippen molar-refractivity contribution in [2.75, 3.05) is 7.05 Å². The molecule has 0 bridgehead atoms. The molecule has 1 saturated carbocycles. The number of hydrogen-bond acceptors (Lipinski definition) is 6. The Labute approximate surface area is 198 Å².